The van der Waals surface area contributed by atoms with Gasteiger partial charge in [-0.05, 0) is 19.1 Å². The average molecular weight is 242 g/mol. The van der Waals surface area contributed by atoms with E-state index < -0.39 is 17.5 Å². The number of allylic oxidation sites excluding steroid dienone is 1. The van der Waals surface area contributed by atoms with Gasteiger partial charge in [0.15, 0.2) is 0 Å². The van der Waals surface area contributed by atoms with Crippen molar-refractivity contribution in [1.82, 2.24) is 0 Å². The van der Waals surface area contributed by atoms with E-state index in [1.807, 2.05) is 19.1 Å². The minimum Gasteiger partial charge on any atom is -0.500 e. The highest BCUT2D eigenvalue weighted by Gasteiger charge is 2.03. The van der Waals surface area contributed by atoms with Crippen molar-refractivity contribution in [3.05, 3.63) is 41.0 Å². The van der Waals surface area contributed by atoms with Crippen LogP contribution in [0.4, 0.5) is 4.39 Å². The van der Waals surface area contributed by atoms with Gasteiger partial charge in [-0.2, -0.15) is 0 Å². The van der Waals surface area contributed by atoms with Gasteiger partial charge in [-0.15, -0.1) is 0 Å². The maximum atomic E-state index is 12.1. The van der Waals surface area contributed by atoms with Gasteiger partial charge in [0.05, 0.1) is 24.6 Å². The van der Waals surface area contributed by atoms with Gasteiger partial charge in [0.1, 0.15) is 5.76 Å². The molecule has 1 aromatic carbocycles. The van der Waals surface area contributed by atoms with Crippen LogP contribution in [0.1, 0.15) is 12.0 Å². The quantitative estimate of drug-likeness (QED) is 0.742. The molecule has 0 N–H and O–H groups in total. The molecular weight excluding hydrogens is 227 g/mol. The summed E-state index contributed by atoms with van der Waals surface area (Å²) in [5, 5.41) is 1.45. The number of halogens is 1. The van der Waals surface area contributed by atoms with Crippen LogP contribution in [0, 0.1) is 6.92 Å². The monoisotopic (exact) mass is 242 g/mol. The Morgan fingerprint density at radius 3 is 2.56 bits per heavy atom. The van der Waals surface area contributed by atoms with Crippen LogP contribution in [-0.2, 0) is 15.5 Å². The number of hydrogen-bond acceptors (Lipinski definition) is 2. The molecular formula is C12H15FO2S. The van der Waals surface area contributed by atoms with Gasteiger partial charge in [-0.3, -0.25) is 4.39 Å². The lowest BCUT2D eigenvalue weighted by Crippen LogP contribution is -1.94. The normalized spacial score (nSPS) is 13.6. The Bertz CT molecular complexity index is 385. The van der Waals surface area contributed by atoms with Crippen LogP contribution in [0.15, 0.2) is 40.3 Å². The van der Waals surface area contributed by atoms with Crippen LogP contribution in [0.5, 0.6) is 0 Å². The van der Waals surface area contributed by atoms with Crippen LogP contribution in [-0.4, -0.2) is 18.0 Å². The van der Waals surface area contributed by atoms with Crippen LogP contribution in [0.3, 0.4) is 0 Å². The van der Waals surface area contributed by atoms with Crippen LogP contribution < -0.4 is 0 Å². The summed E-state index contributed by atoms with van der Waals surface area (Å²) in [5.74, 6) is 0.418. The van der Waals surface area contributed by atoms with Gasteiger partial charge in [0.25, 0.3) is 0 Å². The SMILES string of the molecule is CO/C(=C\[S@@](=O)c1ccc(C)cc1)CCF. The molecule has 4 heteroatoms. The fourth-order valence-electron chi connectivity index (χ4n) is 1.16. The molecule has 16 heavy (non-hydrogen) atoms. The molecule has 0 fully saturated rings. The van der Waals surface area contributed by atoms with Gasteiger partial charge in [-0.1, -0.05) is 17.7 Å². The lowest BCUT2D eigenvalue weighted by molar-refractivity contribution is 0.267. The summed E-state index contributed by atoms with van der Waals surface area (Å²) in [6, 6.07) is 7.38. The van der Waals surface area contributed by atoms with Crippen molar-refractivity contribution in [3.63, 3.8) is 0 Å². The Morgan fingerprint density at radius 2 is 2.06 bits per heavy atom. The molecule has 1 aromatic rings. The summed E-state index contributed by atoms with van der Waals surface area (Å²) in [6.07, 6.45) is 0.161. The Morgan fingerprint density at radius 1 is 1.44 bits per heavy atom. The van der Waals surface area contributed by atoms with Gasteiger partial charge >= 0.3 is 0 Å². The van der Waals surface area contributed by atoms with Crippen molar-refractivity contribution < 1.29 is 13.3 Å². The van der Waals surface area contributed by atoms with Gasteiger partial charge in [-0.25, -0.2) is 4.21 Å². The Hall–Kier alpha value is -1.16. The zero-order valence-corrected chi connectivity index (χ0v) is 10.2. The molecule has 0 radical (unpaired) electrons. The molecule has 0 aliphatic rings. The van der Waals surface area contributed by atoms with Crippen LogP contribution in [0.25, 0.3) is 0 Å². The van der Waals surface area contributed by atoms with Crippen molar-refractivity contribution in [2.75, 3.05) is 13.8 Å². The van der Waals surface area contributed by atoms with E-state index in [9.17, 15) is 8.60 Å². The first-order valence-corrected chi connectivity index (χ1v) is 6.16. The molecule has 1 atom stereocenters. The largest absolute Gasteiger partial charge is 0.500 e. The zero-order chi connectivity index (χ0) is 12.0. The first-order chi connectivity index (χ1) is 7.67. The highest BCUT2D eigenvalue weighted by molar-refractivity contribution is 7.88. The third-order valence-electron chi connectivity index (χ3n) is 2.09. The summed E-state index contributed by atoms with van der Waals surface area (Å²) < 4.78 is 28.9. The Kier molecular flexibility index (Phi) is 5.19. The van der Waals surface area contributed by atoms with E-state index >= 15 is 0 Å². The molecule has 0 amide bonds. The molecule has 0 saturated heterocycles. The van der Waals surface area contributed by atoms with Crippen molar-refractivity contribution in [2.24, 2.45) is 0 Å². The predicted molar refractivity (Wildman–Crippen MR) is 63.3 cm³/mol. The number of benzene rings is 1. The van der Waals surface area contributed by atoms with E-state index in [2.05, 4.69) is 0 Å². The molecule has 0 saturated carbocycles. The highest BCUT2D eigenvalue weighted by atomic mass is 32.2. The number of alkyl halides is 1. The van der Waals surface area contributed by atoms with Crippen molar-refractivity contribution >= 4 is 10.8 Å². The fourth-order valence-corrected chi connectivity index (χ4v) is 2.16. The molecule has 0 aromatic heterocycles. The molecule has 2 nitrogen and oxygen atoms in total. The number of ether oxygens (including phenoxy) is 1. The molecule has 1 rings (SSSR count). The highest BCUT2D eigenvalue weighted by Crippen LogP contribution is 2.12. The van der Waals surface area contributed by atoms with Gasteiger partial charge in [0, 0.05) is 16.7 Å². The maximum absolute atomic E-state index is 12.1. The molecule has 88 valence electrons. The van der Waals surface area contributed by atoms with E-state index in [0.29, 0.717) is 10.7 Å². The standard InChI is InChI=1S/C12H15FO2S/c1-10-3-5-12(6-4-10)16(14)9-11(15-2)7-8-13/h3-6,9H,7-8H2,1-2H3/b11-9-/t16-/m1/s1. The number of rotatable bonds is 5. The number of methoxy groups -OCH3 is 1. The van der Waals surface area contributed by atoms with Crippen molar-refractivity contribution in [2.45, 2.75) is 18.2 Å². The molecule has 0 spiro atoms. The Balaban J connectivity index is 2.81. The van der Waals surface area contributed by atoms with E-state index in [1.165, 1.54) is 12.5 Å². The summed E-state index contributed by atoms with van der Waals surface area (Å²) in [7, 11) is 0.175. The molecule has 0 unspecified atom stereocenters. The Labute approximate surface area is 97.6 Å². The summed E-state index contributed by atoms with van der Waals surface area (Å²) >= 11 is 0. The van der Waals surface area contributed by atoms with Crippen LogP contribution >= 0.6 is 0 Å². The minimum atomic E-state index is -1.28. The molecule has 0 bridgehead atoms. The molecule has 0 heterocycles. The van der Waals surface area contributed by atoms with Crippen molar-refractivity contribution in [3.8, 4) is 0 Å². The summed E-state index contributed by atoms with van der Waals surface area (Å²) in [6.45, 7) is 1.46. The van der Waals surface area contributed by atoms with Gasteiger partial charge in [0.2, 0.25) is 0 Å². The lowest BCUT2D eigenvalue weighted by Gasteiger charge is -2.03. The lowest BCUT2D eigenvalue weighted by atomic mass is 10.2. The van der Waals surface area contributed by atoms with E-state index in [-0.39, 0.29) is 6.42 Å². The second-order valence-corrected chi connectivity index (χ2v) is 4.64. The maximum Gasteiger partial charge on any atom is 0.107 e. The topological polar surface area (TPSA) is 26.3 Å². The van der Waals surface area contributed by atoms with E-state index in [0.717, 1.165) is 5.56 Å². The second-order valence-electron chi connectivity index (χ2n) is 3.34. The summed E-state index contributed by atoms with van der Waals surface area (Å²) in [4.78, 5) is 0.694. The zero-order valence-electron chi connectivity index (χ0n) is 9.40. The van der Waals surface area contributed by atoms with E-state index in [4.69, 9.17) is 4.74 Å². The first-order valence-electron chi connectivity index (χ1n) is 4.95. The smallest absolute Gasteiger partial charge is 0.107 e. The molecule has 0 aliphatic heterocycles. The number of hydrogen-bond donors (Lipinski definition) is 0. The first kappa shape index (κ1) is 12.9. The predicted octanol–water partition coefficient (Wildman–Crippen LogP) is 2.95. The second kappa shape index (κ2) is 6.43. The molecule has 0 aliphatic carbocycles. The fraction of sp³-hybridized carbons (Fsp3) is 0.333. The van der Waals surface area contributed by atoms with E-state index in [1.54, 1.807) is 12.1 Å². The van der Waals surface area contributed by atoms with Gasteiger partial charge < -0.3 is 4.74 Å². The minimum absolute atomic E-state index is 0.161. The van der Waals surface area contributed by atoms with Crippen molar-refractivity contribution in [1.29, 1.82) is 0 Å². The number of aryl methyl sites for hydroxylation is 1. The average Bonchev–Trinajstić information content (AvgIpc) is 2.29. The third-order valence-corrected chi connectivity index (χ3v) is 3.31. The third kappa shape index (κ3) is 3.77. The van der Waals surface area contributed by atoms with Crippen LogP contribution in [0.2, 0.25) is 0 Å². The summed E-state index contributed by atoms with van der Waals surface area (Å²) in [5.41, 5.74) is 1.11.